The average Bonchev–Trinajstić information content (AvgIpc) is 3.16. The smallest absolute Gasteiger partial charge is 0.230 e. The second-order valence-electron chi connectivity index (χ2n) is 5.94. The Morgan fingerprint density at radius 3 is 2.92 bits per heavy atom. The Morgan fingerprint density at radius 2 is 2.15 bits per heavy atom. The first-order valence-electron chi connectivity index (χ1n) is 8.06. The van der Waals surface area contributed by atoms with Crippen LogP contribution in [0.15, 0.2) is 36.0 Å². The lowest BCUT2D eigenvalue weighted by Crippen LogP contribution is -2.15. The molecule has 2 amide bonds. The van der Waals surface area contributed by atoms with E-state index in [1.807, 2.05) is 6.07 Å². The normalized spacial score (nSPS) is 13.4. The molecule has 1 aromatic carbocycles. The highest BCUT2D eigenvalue weighted by molar-refractivity contribution is 7.13. The molecule has 3 aromatic rings. The van der Waals surface area contributed by atoms with Crippen LogP contribution < -0.4 is 10.6 Å². The number of aromatic nitrogens is 5. The minimum Gasteiger partial charge on any atom is -0.326 e. The van der Waals surface area contributed by atoms with Crippen molar-refractivity contribution >= 4 is 34.0 Å². The van der Waals surface area contributed by atoms with Crippen LogP contribution in [0.25, 0.3) is 5.69 Å². The molecule has 1 fully saturated rings. The zero-order valence-corrected chi connectivity index (χ0v) is 14.4. The van der Waals surface area contributed by atoms with Crippen molar-refractivity contribution in [1.82, 2.24) is 25.2 Å². The SMILES string of the molecule is O=C(Cc1csc(NC(=O)C2CC2)n1)Nc1cccc(-n2cnnn2)c1. The van der Waals surface area contributed by atoms with Gasteiger partial charge in [-0.1, -0.05) is 6.07 Å². The summed E-state index contributed by atoms with van der Waals surface area (Å²) < 4.78 is 1.50. The molecule has 132 valence electrons. The fourth-order valence-corrected chi connectivity index (χ4v) is 3.09. The van der Waals surface area contributed by atoms with Gasteiger partial charge >= 0.3 is 0 Å². The molecule has 2 N–H and O–H groups in total. The van der Waals surface area contributed by atoms with Crippen LogP contribution in [0.1, 0.15) is 18.5 Å². The summed E-state index contributed by atoms with van der Waals surface area (Å²) in [6, 6.07) is 7.20. The minimum atomic E-state index is -0.191. The number of carbonyl (C=O) groups is 2. The number of benzene rings is 1. The molecule has 0 aliphatic heterocycles. The fourth-order valence-electron chi connectivity index (χ4n) is 2.37. The van der Waals surface area contributed by atoms with Crippen molar-refractivity contribution in [1.29, 1.82) is 0 Å². The Labute approximate surface area is 152 Å². The zero-order chi connectivity index (χ0) is 17.9. The summed E-state index contributed by atoms with van der Waals surface area (Å²) in [6.07, 6.45) is 3.49. The highest BCUT2D eigenvalue weighted by Crippen LogP contribution is 2.30. The second-order valence-corrected chi connectivity index (χ2v) is 6.80. The Morgan fingerprint density at radius 1 is 1.27 bits per heavy atom. The molecule has 2 heterocycles. The molecule has 1 saturated carbocycles. The van der Waals surface area contributed by atoms with Gasteiger partial charge in [0.15, 0.2) is 5.13 Å². The summed E-state index contributed by atoms with van der Waals surface area (Å²) >= 11 is 1.32. The molecule has 1 aliphatic carbocycles. The highest BCUT2D eigenvalue weighted by Gasteiger charge is 2.30. The van der Waals surface area contributed by atoms with Gasteiger partial charge in [0.05, 0.1) is 17.8 Å². The number of carbonyl (C=O) groups excluding carboxylic acids is 2. The lowest BCUT2D eigenvalue weighted by molar-refractivity contribution is -0.117. The monoisotopic (exact) mass is 369 g/mol. The standard InChI is InChI=1S/C16H15N7O2S/c24-14(7-12-8-26-16(19-12)20-15(25)10-4-5-10)18-11-2-1-3-13(6-11)23-9-17-21-22-23/h1-3,6,8-10H,4-5,7H2,(H,18,24)(H,19,20,25). The van der Waals surface area contributed by atoms with E-state index in [0.29, 0.717) is 16.5 Å². The molecule has 9 nitrogen and oxygen atoms in total. The van der Waals surface area contributed by atoms with E-state index in [1.165, 1.54) is 22.3 Å². The molecule has 0 unspecified atom stereocenters. The van der Waals surface area contributed by atoms with E-state index in [-0.39, 0.29) is 24.2 Å². The van der Waals surface area contributed by atoms with Crippen molar-refractivity contribution in [2.75, 3.05) is 10.6 Å². The number of thiazole rings is 1. The predicted molar refractivity (Wildman–Crippen MR) is 95.0 cm³/mol. The van der Waals surface area contributed by atoms with Crippen LogP contribution in [-0.4, -0.2) is 37.0 Å². The van der Waals surface area contributed by atoms with Gasteiger partial charge in [0.25, 0.3) is 0 Å². The van der Waals surface area contributed by atoms with Crippen LogP contribution in [0.4, 0.5) is 10.8 Å². The van der Waals surface area contributed by atoms with Gasteiger partial charge in [-0.25, -0.2) is 9.67 Å². The van der Waals surface area contributed by atoms with Crippen molar-refractivity contribution < 1.29 is 9.59 Å². The van der Waals surface area contributed by atoms with Gasteiger partial charge in [-0.15, -0.1) is 16.4 Å². The van der Waals surface area contributed by atoms with Gasteiger partial charge in [0.1, 0.15) is 6.33 Å². The van der Waals surface area contributed by atoms with E-state index in [9.17, 15) is 9.59 Å². The molecular weight excluding hydrogens is 354 g/mol. The van der Waals surface area contributed by atoms with Crippen molar-refractivity contribution in [3.8, 4) is 5.69 Å². The molecule has 0 bridgehead atoms. The highest BCUT2D eigenvalue weighted by atomic mass is 32.1. The molecule has 0 atom stereocenters. The molecule has 0 radical (unpaired) electrons. The van der Waals surface area contributed by atoms with Gasteiger partial charge in [-0.3, -0.25) is 9.59 Å². The number of tetrazole rings is 1. The summed E-state index contributed by atoms with van der Waals surface area (Å²) in [5.41, 5.74) is 2.00. The van der Waals surface area contributed by atoms with E-state index in [2.05, 4.69) is 31.1 Å². The largest absolute Gasteiger partial charge is 0.326 e. The molecular formula is C16H15N7O2S. The summed E-state index contributed by atoms with van der Waals surface area (Å²) in [5, 5.41) is 18.9. The number of rotatable bonds is 6. The first-order chi connectivity index (χ1) is 12.7. The number of amides is 2. The third-order valence-corrected chi connectivity index (χ3v) is 4.62. The molecule has 10 heteroatoms. The predicted octanol–water partition coefficient (Wildman–Crippen LogP) is 1.65. The van der Waals surface area contributed by atoms with Crippen LogP contribution in [0.5, 0.6) is 0 Å². The molecule has 4 rings (SSSR count). The Hall–Kier alpha value is -3.14. The summed E-state index contributed by atoms with van der Waals surface area (Å²) in [5.74, 6) is -0.0582. The van der Waals surface area contributed by atoms with Gasteiger partial charge in [0.2, 0.25) is 11.8 Å². The number of nitrogens with one attached hydrogen (secondary N) is 2. The van der Waals surface area contributed by atoms with E-state index >= 15 is 0 Å². The van der Waals surface area contributed by atoms with Crippen LogP contribution in [0.3, 0.4) is 0 Å². The van der Waals surface area contributed by atoms with Crippen LogP contribution >= 0.6 is 11.3 Å². The molecule has 2 aromatic heterocycles. The quantitative estimate of drug-likeness (QED) is 0.683. The van der Waals surface area contributed by atoms with Crippen LogP contribution in [0.2, 0.25) is 0 Å². The van der Waals surface area contributed by atoms with Crippen molar-refractivity contribution in [3.63, 3.8) is 0 Å². The summed E-state index contributed by atoms with van der Waals surface area (Å²) in [7, 11) is 0. The Bertz CT molecular complexity index is 934. The first-order valence-corrected chi connectivity index (χ1v) is 8.94. The average molecular weight is 369 g/mol. The van der Waals surface area contributed by atoms with Gasteiger partial charge in [-0.2, -0.15) is 0 Å². The second kappa shape index (κ2) is 7.00. The van der Waals surface area contributed by atoms with Crippen LogP contribution in [-0.2, 0) is 16.0 Å². The van der Waals surface area contributed by atoms with Crippen molar-refractivity contribution in [2.45, 2.75) is 19.3 Å². The Kier molecular flexibility index (Phi) is 4.40. The third kappa shape index (κ3) is 3.91. The molecule has 0 spiro atoms. The topological polar surface area (TPSA) is 115 Å². The van der Waals surface area contributed by atoms with E-state index in [0.717, 1.165) is 18.5 Å². The Balaban J connectivity index is 1.36. The first kappa shape index (κ1) is 16.3. The number of hydrogen-bond acceptors (Lipinski definition) is 7. The number of anilines is 2. The van der Waals surface area contributed by atoms with Gasteiger partial charge < -0.3 is 10.6 Å². The number of hydrogen-bond donors (Lipinski definition) is 2. The molecule has 0 saturated heterocycles. The maximum atomic E-state index is 12.2. The van der Waals surface area contributed by atoms with Gasteiger partial charge in [-0.05, 0) is 41.5 Å². The maximum absolute atomic E-state index is 12.2. The van der Waals surface area contributed by atoms with Gasteiger partial charge in [0, 0.05) is 17.0 Å². The lowest BCUT2D eigenvalue weighted by atomic mass is 10.2. The maximum Gasteiger partial charge on any atom is 0.230 e. The molecule has 1 aliphatic rings. The van der Waals surface area contributed by atoms with E-state index < -0.39 is 0 Å². The van der Waals surface area contributed by atoms with E-state index in [4.69, 9.17) is 0 Å². The number of nitrogens with zero attached hydrogens (tertiary/aromatic N) is 5. The molecule has 26 heavy (non-hydrogen) atoms. The van der Waals surface area contributed by atoms with Crippen LogP contribution in [0, 0.1) is 5.92 Å². The lowest BCUT2D eigenvalue weighted by Gasteiger charge is -2.06. The summed E-state index contributed by atoms with van der Waals surface area (Å²) in [6.45, 7) is 0. The zero-order valence-electron chi connectivity index (χ0n) is 13.6. The fraction of sp³-hybridized carbons (Fsp3) is 0.250. The summed E-state index contributed by atoms with van der Waals surface area (Å²) in [4.78, 5) is 28.3. The third-order valence-electron chi connectivity index (χ3n) is 3.82. The van der Waals surface area contributed by atoms with Crippen molar-refractivity contribution in [2.24, 2.45) is 5.92 Å². The van der Waals surface area contributed by atoms with E-state index in [1.54, 1.807) is 23.6 Å². The minimum absolute atomic E-state index is 0.00904. The van der Waals surface area contributed by atoms with Crippen molar-refractivity contribution in [3.05, 3.63) is 41.7 Å².